The van der Waals surface area contributed by atoms with Crippen LogP contribution in [0.4, 0.5) is 0 Å². The molecule has 3 nitrogen and oxygen atoms in total. The molecule has 4 heteroatoms. The van der Waals surface area contributed by atoms with Crippen molar-refractivity contribution in [1.29, 1.82) is 0 Å². The minimum Gasteiger partial charge on any atom is -0.376 e. The van der Waals surface area contributed by atoms with Crippen LogP contribution in [0.15, 0.2) is 22.7 Å². The predicted molar refractivity (Wildman–Crippen MR) is 82.3 cm³/mol. The third-order valence-electron chi connectivity index (χ3n) is 3.80. The van der Waals surface area contributed by atoms with Crippen molar-refractivity contribution in [2.75, 3.05) is 26.2 Å². The first-order chi connectivity index (χ1) is 9.15. The van der Waals surface area contributed by atoms with Crippen molar-refractivity contribution in [2.45, 2.75) is 32.4 Å². The Morgan fingerprint density at radius 3 is 2.95 bits per heavy atom. The molecule has 0 amide bonds. The molecule has 1 saturated heterocycles. The lowest BCUT2D eigenvalue weighted by atomic mass is 10.0. The first kappa shape index (κ1) is 15.0. The van der Waals surface area contributed by atoms with Crippen LogP contribution in [0.1, 0.15) is 30.5 Å². The molecule has 0 radical (unpaired) electrons. The average Bonchev–Trinajstić information content (AvgIpc) is 2.42. The van der Waals surface area contributed by atoms with E-state index in [-0.39, 0.29) is 6.04 Å². The number of halogens is 1. The van der Waals surface area contributed by atoms with Gasteiger partial charge in [0.2, 0.25) is 0 Å². The van der Waals surface area contributed by atoms with Gasteiger partial charge in [-0.15, -0.1) is 0 Å². The molecular weight excluding hydrogens is 304 g/mol. The second-order valence-corrected chi connectivity index (χ2v) is 6.03. The van der Waals surface area contributed by atoms with Gasteiger partial charge in [-0.2, -0.15) is 0 Å². The molecule has 2 unspecified atom stereocenters. The minimum absolute atomic E-state index is 0.271. The largest absolute Gasteiger partial charge is 0.376 e. The van der Waals surface area contributed by atoms with Crippen molar-refractivity contribution < 1.29 is 4.74 Å². The first-order valence-corrected chi connectivity index (χ1v) is 7.76. The fourth-order valence-electron chi connectivity index (χ4n) is 2.65. The Hall–Kier alpha value is -0.420. The molecule has 2 atom stereocenters. The van der Waals surface area contributed by atoms with Crippen LogP contribution in [0, 0.1) is 6.92 Å². The molecule has 19 heavy (non-hydrogen) atoms. The van der Waals surface area contributed by atoms with Gasteiger partial charge in [-0.25, -0.2) is 0 Å². The summed E-state index contributed by atoms with van der Waals surface area (Å²) in [4.78, 5) is 2.45. The van der Waals surface area contributed by atoms with Gasteiger partial charge in [0, 0.05) is 30.1 Å². The lowest BCUT2D eigenvalue weighted by molar-refractivity contribution is -0.0438. The Morgan fingerprint density at radius 2 is 2.32 bits per heavy atom. The van der Waals surface area contributed by atoms with Crippen LogP contribution in [-0.2, 0) is 4.74 Å². The van der Waals surface area contributed by atoms with Gasteiger partial charge in [0.25, 0.3) is 0 Å². The highest BCUT2D eigenvalue weighted by molar-refractivity contribution is 9.10. The highest BCUT2D eigenvalue weighted by Crippen LogP contribution is 2.29. The van der Waals surface area contributed by atoms with Crippen molar-refractivity contribution in [1.82, 2.24) is 4.90 Å². The summed E-state index contributed by atoms with van der Waals surface area (Å²) in [5.74, 6) is 0. The number of ether oxygens (including phenoxy) is 1. The Kier molecular flexibility index (Phi) is 5.39. The molecule has 1 aliphatic heterocycles. The molecule has 1 aliphatic rings. The third kappa shape index (κ3) is 3.57. The topological polar surface area (TPSA) is 38.5 Å². The van der Waals surface area contributed by atoms with Crippen LogP contribution in [0.2, 0.25) is 0 Å². The first-order valence-electron chi connectivity index (χ1n) is 6.97. The highest BCUT2D eigenvalue weighted by atomic mass is 79.9. The summed E-state index contributed by atoms with van der Waals surface area (Å²) in [5.41, 5.74) is 8.57. The minimum atomic E-state index is 0.271. The van der Waals surface area contributed by atoms with Crippen molar-refractivity contribution in [2.24, 2.45) is 5.73 Å². The number of nitrogens with zero attached hydrogens (tertiary/aromatic N) is 1. The Bertz CT molecular complexity index is 425. The number of rotatable bonds is 4. The molecule has 1 fully saturated rings. The number of hydrogen-bond acceptors (Lipinski definition) is 3. The lowest BCUT2D eigenvalue weighted by Crippen LogP contribution is -2.46. The fourth-order valence-corrected chi connectivity index (χ4v) is 3.40. The van der Waals surface area contributed by atoms with Crippen LogP contribution < -0.4 is 5.73 Å². The molecule has 0 aromatic heterocycles. The van der Waals surface area contributed by atoms with E-state index in [1.54, 1.807) is 0 Å². The van der Waals surface area contributed by atoms with Gasteiger partial charge in [0.05, 0.1) is 12.7 Å². The van der Waals surface area contributed by atoms with E-state index in [2.05, 4.69) is 52.9 Å². The van der Waals surface area contributed by atoms with E-state index in [9.17, 15) is 0 Å². The van der Waals surface area contributed by atoms with Crippen LogP contribution >= 0.6 is 15.9 Å². The second kappa shape index (κ2) is 6.84. The maximum atomic E-state index is 6.03. The Labute approximate surface area is 124 Å². The van der Waals surface area contributed by atoms with E-state index in [0.29, 0.717) is 12.6 Å². The fraction of sp³-hybridized carbons (Fsp3) is 0.600. The van der Waals surface area contributed by atoms with Gasteiger partial charge < -0.3 is 10.5 Å². The smallest absolute Gasteiger partial charge is 0.0700 e. The normalized spacial score (nSPS) is 22.4. The summed E-state index contributed by atoms with van der Waals surface area (Å²) in [5, 5.41) is 0. The molecule has 0 aliphatic carbocycles. The molecule has 1 aromatic rings. The van der Waals surface area contributed by atoms with Gasteiger partial charge in [-0.3, -0.25) is 4.90 Å². The van der Waals surface area contributed by atoms with E-state index >= 15 is 0 Å². The zero-order valence-corrected chi connectivity index (χ0v) is 13.3. The quantitative estimate of drug-likeness (QED) is 0.924. The van der Waals surface area contributed by atoms with Crippen molar-refractivity contribution in [3.63, 3.8) is 0 Å². The van der Waals surface area contributed by atoms with E-state index in [0.717, 1.165) is 30.6 Å². The zero-order valence-electron chi connectivity index (χ0n) is 11.7. The van der Waals surface area contributed by atoms with Crippen LogP contribution in [-0.4, -0.2) is 37.2 Å². The maximum Gasteiger partial charge on any atom is 0.0700 e. The van der Waals surface area contributed by atoms with E-state index in [1.165, 1.54) is 11.1 Å². The van der Waals surface area contributed by atoms with Crippen molar-refractivity contribution in [3.8, 4) is 0 Å². The Morgan fingerprint density at radius 1 is 1.53 bits per heavy atom. The molecule has 106 valence electrons. The molecule has 1 aromatic carbocycles. The van der Waals surface area contributed by atoms with Gasteiger partial charge in [0.15, 0.2) is 0 Å². The molecular formula is C15H23BrN2O. The molecule has 1 heterocycles. The van der Waals surface area contributed by atoms with Crippen molar-refractivity contribution in [3.05, 3.63) is 33.8 Å². The van der Waals surface area contributed by atoms with E-state index in [1.807, 2.05) is 0 Å². The molecule has 0 bridgehead atoms. The SMILES string of the molecule is CCC1CN(C(CN)c2ccc(C)cc2Br)CCO1. The average molecular weight is 327 g/mol. The summed E-state index contributed by atoms with van der Waals surface area (Å²) in [6.45, 7) is 7.65. The third-order valence-corrected chi connectivity index (χ3v) is 4.49. The van der Waals surface area contributed by atoms with Gasteiger partial charge in [-0.1, -0.05) is 35.0 Å². The molecule has 0 saturated carbocycles. The number of hydrogen-bond donors (Lipinski definition) is 1. The summed E-state index contributed by atoms with van der Waals surface area (Å²) in [6, 6.07) is 6.77. The summed E-state index contributed by atoms with van der Waals surface area (Å²) in [6.07, 6.45) is 1.40. The summed E-state index contributed by atoms with van der Waals surface area (Å²) in [7, 11) is 0. The summed E-state index contributed by atoms with van der Waals surface area (Å²) >= 11 is 3.67. The van der Waals surface area contributed by atoms with Gasteiger partial charge in [0.1, 0.15) is 0 Å². The number of benzene rings is 1. The molecule has 2 N–H and O–H groups in total. The van der Waals surface area contributed by atoms with E-state index < -0.39 is 0 Å². The lowest BCUT2D eigenvalue weighted by Gasteiger charge is -2.38. The molecule has 2 rings (SSSR count). The standard InChI is InChI=1S/C15H23BrN2O/c1-3-12-10-18(6-7-19-12)15(9-17)13-5-4-11(2)8-14(13)16/h4-5,8,12,15H,3,6-7,9-10,17H2,1-2H3. The van der Waals surface area contributed by atoms with E-state index in [4.69, 9.17) is 10.5 Å². The maximum absolute atomic E-state index is 6.03. The zero-order chi connectivity index (χ0) is 13.8. The van der Waals surface area contributed by atoms with Crippen LogP contribution in [0.3, 0.4) is 0 Å². The van der Waals surface area contributed by atoms with Gasteiger partial charge >= 0.3 is 0 Å². The Balaban J connectivity index is 2.19. The van der Waals surface area contributed by atoms with Crippen molar-refractivity contribution >= 4 is 15.9 Å². The number of nitrogens with two attached hydrogens (primary N) is 1. The highest BCUT2D eigenvalue weighted by Gasteiger charge is 2.26. The number of aryl methyl sites for hydroxylation is 1. The van der Waals surface area contributed by atoms with Crippen LogP contribution in [0.25, 0.3) is 0 Å². The second-order valence-electron chi connectivity index (χ2n) is 5.17. The monoisotopic (exact) mass is 326 g/mol. The predicted octanol–water partition coefficient (Wildman–Crippen LogP) is 2.87. The van der Waals surface area contributed by atoms with Crippen LogP contribution in [0.5, 0.6) is 0 Å². The number of morpholine rings is 1. The molecule has 0 spiro atoms. The summed E-state index contributed by atoms with van der Waals surface area (Å²) < 4.78 is 6.90. The van der Waals surface area contributed by atoms with Gasteiger partial charge in [-0.05, 0) is 30.5 Å².